The van der Waals surface area contributed by atoms with Crippen molar-refractivity contribution < 1.29 is 19.1 Å². The summed E-state index contributed by atoms with van der Waals surface area (Å²) in [5, 5.41) is 2.73. The SMILES string of the molecule is CCOc1cc(/C=C2\SC(=O)N(Cc3ccccc3Cl)C2=O)cc(Cl)c1OCc1cccc2ccccc12. The van der Waals surface area contributed by atoms with E-state index in [0.717, 1.165) is 28.1 Å². The van der Waals surface area contributed by atoms with Gasteiger partial charge in [-0.1, -0.05) is 83.9 Å². The molecule has 5 rings (SSSR count). The summed E-state index contributed by atoms with van der Waals surface area (Å²) in [7, 11) is 0. The predicted octanol–water partition coefficient (Wildman–Crippen LogP) is 8.36. The van der Waals surface area contributed by atoms with Crippen LogP contribution in [0.3, 0.4) is 0 Å². The first kappa shape index (κ1) is 26.2. The Morgan fingerprint density at radius 3 is 2.42 bits per heavy atom. The van der Waals surface area contributed by atoms with E-state index in [-0.39, 0.29) is 17.7 Å². The van der Waals surface area contributed by atoms with Gasteiger partial charge in [0.25, 0.3) is 11.1 Å². The van der Waals surface area contributed by atoms with Crippen LogP contribution in [0.4, 0.5) is 4.79 Å². The number of rotatable bonds is 8. The molecule has 8 heteroatoms. The molecule has 2 amide bonds. The van der Waals surface area contributed by atoms with Crippen LogP contribution in [0.25, 0.3) is 16.8 Å². The summed E-state index contributed by atoms with van der Waals surface area (Å²) >= 11 is 13.7. The van der Waals surface area contributed by atoms with E-state index in [9.17, 15) is 9.59 Å². The average molecular weight is 564 g/mol. The van der Waals surface area contributed by atoms with E-state index >= 15 is 0 Å². The molecule has 4 aromatic carbocycles. The first-order valence-electron chi connectivity index (χ1n) is 12.0. The minimum Gasteiger partial charge on any atom is -0.490 e. The number of ether oxygens (including phenoxy) is 2. The van der Waals surface area contributed by atoms with Gasteiger partial charge in [0, 0.05) is 5.02 Å². The molecule has 0 spiro atoms. The number of carbonyl (C=O) groups is 2. The summed E-state index contributed by atoms with van der Waals surface area (Å²) in [5.74, 6) is 0.498. The third-order valence-electron chi connectivity index (χ3n) is 6.04. The van der Waals surface area contributed by atoms with Gasteiger partial charge in [0.1, 0.15) is 6.61 Å². The minimum absolute atomic E-state index is 0.105. The molecule has 4 aromatic rings. The lowest BCUT2D eigenvalue weighted by molar-refractivity contribution is -0.123. The van der Waals surface area contributed by atoms with Crippen molar-refractivity contribution in [2.45, 2.75) is 20.1 Å². The molecule has 0 radical (unpaired) electrons. The summed E-state index contributed by atoms with van der Waals surface area (Å²) in [6, 6.07) is 24.8. The van der Waals surface area contributed by atoms with Gasteiger partial charge in [-0.2, -0.15) is 0 Å². The molecule has 1 heterocycles. The molecule has 0 atom stereocenters. The van der Waals surface area contributed by atoms with Gasteiger partial charge in [-0.25, -0.2) is 0 Å². The largest absolute Gasteiger partial charge is 0.490 e. The van der Waals surface area contributed by atoms with Crippen molar-refractivity contribution in [3.63, 3.8) is 0 Å². The van der Waals surface area contributed by atoms with Crippen LogP contribution in [0.15, 0.2) is 83.8 Å². The Kier molecular flexibility index (Phi) is 7.93. The highest BCUT2D eigenvalue weighted by Gasteiger charge is 2.35. The predicted molar refractivity (Wildman–Crippen MR) is 154 cm³/mol. The van der Waals surface area contributed by atoms with Crippen molar-refractivity contribution in [1.29, 1.82) is 0 Å². The molecule has 38 heavy (non-hydrogen) atoms. The van der Waals surface area contributed by atoms with Gasteiger partial charge >= 0.3 is 0 Å². The molecule has 0 bridgehead atoms. The van der Waals surface area contributed by atoms with Crippen molar-refractivity contribution >= 4 is 63.0 Å². The Hall–Kier alpha value is -3.45. The zero-order chi connectivity index (χ0) is 26.6. The van der Waals surface area contributed by atoms with Crippen LogP contribution in [0.2, 0.25) is 10.0 Å². The number of halogens is 2. The number of carbonyl (C=O) groups excluding carboxylic acids is 2. The number of hydrogen-bond acceptors (Lipinski definition) is 5. The number of thioether (sulfide) groups is 1. The third kappa shape index (κ3) is 5.53. The Morgan fingerprint density at radius 1 is 0.868 bits per heavy atom. The fraction of sp³-hybridized carbons (Fsp3) is 0.133. The Balaban J connectivity index is 1.39. The zero-order valence-corrected chi connectivity index (χ0v) is 22.8. The van der Waals surface area contributed by atoms with Gasteiger partial charge in [0.2, 0.25) is 0 Å². The van der Waals surface area contributed by atoms with Crippen LogP contribution >= 0.6 is 35.0 Å². The van der Waals surface area contributed by atoms with Crippen LogP contribution in [0.1, 0.15) is 23.6 Å². The van der Waals surface area contributed by atoms with E-state index in [0.29, 0.717) is 50.8 Å². The van der Waals surface area contributed by atoms with Gasteiger partial charge in [0.05, 0.1) is 23.1 Å². The summed E-state index contributed by atoms with van der Waals surface area (Å²) < 4.78 is 12.0. The van der Waals surface area contributed by atoms with Crippen molar-refractivity contribution in [2.75, 3.05) is 6.61 Å². The molecule has 1 aliphatic heterocycles. The average Bonchev–Trinajstić information content (AvgIpc) is 3.17. The van der Waals surface area contributed by atoms with Crippen molar-refractivity contribution in [3.8, 4) is 11.5 Å². The third-order valence-corrected chi connectivity index (χ3v) is 7.60. The number of nitrogens with zero attached hydrogens (tertiary/aromatic N) is 1. The summed E-state index contributed by atoms with van der Waals surface area (Å²) in [4.78, 5) is 27.1. The lowest BCUT2D eigenvalue weighted by Gasteiger charge is -2.15. The lowest BCUT2D eigenvalue weighted by Crippen LogP contribution is -2.27. The Bertz CT molecular complexity index is 1560. The summed E-state index contributed by atoms with van der Waals surface area (Å²) in [6.07, 6.45) is 1.64. The van der Waals surface area contributed by atoms with Crippen LogP contribution in [0.5, 0.6) is 11.5 Å². The number of benzene rings is 4. The molecular weight excluding hydrogens is 541 g/mol. The van der Waals surface area contributed by atoms with Gasteiger partial charge in [-0.3, -0.25) is 14.5 Å². The molecular formula is C30H23Cl2NO4S. The van der Waals surface area contributed by atoms with E-state index in [2.05, 4.69) is 18.2 Å². The monoisotopic (exact) mass is 563 g/mol. The van der Waals surface area contributed by atoms with E-state index in [1.54, 1.807) is 36.4 Å². The molecule has 0 N–H and O–H groups in total. The number of imide groups is 1. The second-order valence-corrected chi connectivity index (χ2v) is 10.4. The topological polar surface area (TPSA) is 55.8 Å². The van der Waals surface area contributed by atoms with Gasteiger partial charge in [-0.05, 0) is 70.4 Å². The molecule has 1 aliphatic rings. The van der Waals surface area contributed by atoms with E-state index in [1.165, 1.54) is 4.90 Å². The van der Waals surface area contributed by atoms with Crippen LogP contribution in [0, 0.1) is 0 Å². The first-order chi connectivity index (χ1) is 18.4. The van der Waals surface area contributed by atoms with Gasteiger partial charge in [-0.15, -0.1) is 0 Å². The maximum Gasteiger partial charge on any atom is 0.293 e. The summed E-state index contributed by atoms with van der Waals surface area (Å²) in [6.45, 7) is 2.68. The van der Waals surface area contributed by atoms with Gasteiger partial charge < -0.3 is 9.47 Å². The summed E-state index contributed by atoms with van der Waals surface area (Å²) in [5.41, 5.74) is 2.35. The zero-order valence-electron chi connectivity index (χ0n) is 20.4. The van der Waals surface area contributed by atoms with Crippen molar-refractivity contribution in [2.24, 2.45) is 0 Å². The molecule has 0 unspecified atom stereocenters. The quantitative estimate of drug-likeness (QED) is 0.201. The minimum atomic E-state index is -0.384. The first-order valence-corrected chi connectivity index (χ1v) is 13.6. The maximum atomic E-state index is 13.0. The Labute approximate surface area is 234 Å². The van der Waals surface area contributed by atoms with E-state index in [4.69, 9.17) is 32.7 Å². The highest BCUT2D eigenvalue weighted by atomic mass is 35.5. The Morgan fingerprint density at radius 2 is 1.61 bits per heavy atom. The normalized spacial score (nSPS) is 14.5. The standard InChI is InChI=1S/C30H23Cl2NO4S/c1-2-36-26-15-19(16-27-29(34)33(30(35)38-27)17-21-9-4-6-13-24(21)31)14-25(32)28(26)37-18-22-11-7-10-20-8-3-5-12-23(20)22/h3-16H,2,17-18H2,1H3/b27-16-. The highest BCUT2D eigenvalue weighted by Crippen LogP contribution is 2.40. The fourth-order valence-corrected chi connectivity index (χ4v) is 5.53. The van der Waals surface area contributed by atoms with Crippen molar-refractivity contribution in [3.05, 3.63) is 111 Å². The second kappa shape index (κ2) is 11.5. The maximum absolute atomic E-state index is 13.0. The number of hydrogen-bond donors (Lipinski definition) is 0. The highest BCUT2D eigenvalue weighted by molar-refractivity contribution is 8.18. The molecule has 1 saturated heterocycles. The van der Waals surface area contributed by atoms with Crippen LogP contribution < -0.4 is 9.47 Å². The molecule has 192 valence electrons. The van der Waals surface area contributed by atoms with E-state index in [1.807, 2.05) is 37.3 Å². The van der Waals surface area contributed by atoms with Crippen LogP contribution in [-0.2, 0) is 17.9 Å². The van der Waals surface area contributed by atoms with Crippen molar-refractivity contribution in [1.82, 2.24) is 4.90 Å². The fourth-order valence-electron chi connectivity index (χ4n) is 4.23. The number of amides is 2. The number of fused-ring (bicyclic) bond motifs is 1. The smallest absolute Gasteiger partial charge is 0.293 e. The van der Waals surface area contributed by atoms with E-state index < -0.39 is 0 Å². The molecule has 0 aliphatic carbocycles. The second-order valence-electron chi connectivity index (χ2n) is 8.55. The van der Waals surface area contributed by atoms with Crippen LogP contribution in [-0.4, -0.2) is 22.7 Å². The lowest BCUT2D eigenvalue weighted by atomic mass is 10.1. The van der Waals surface area contributed by atoms with Gasteiger partial charge in [0.15, 0.2) is 11.5 Å². The molecule has 0 saturated carbocycles. The molecule has 5 nitrogen and oxygen atoms in total. The molecule has 1 fully saturated rings. The molecule has 0 aromatic heterocycles.